The fraction of sp³-hybridized carbons (Fsp3) is 0.190. The van der Waals surface area contributed by atoms with Gasteiger partial charge in [-0.05, 0) is 40.4 Å². The van der Waals surface area contributed by atoms with Crippen LogP contribution in [0, 0.1) is 29.6 Å². The van der Waals surface area contributed by atoms with Crippen LogP contribution in [0.25, 0.3) is 11.1 Å². The Labute approximate surface area is 129 Å². The lowest BCUT2D eigenvalue weighted by molar-refractivity contribution is 0.973. The molecule has 3 rings (SSSR count). The molecule has 0 aliphatic heterocycles. The van der Waals surface area contributed by atoms with Crippen LogP contribution in [0.2, 0.25) is 0 Å². The van der Waals surface area contributed by atoms with Gasteiger partial charge in [0, 0.05) is 5.92 Å². The van der Waals surface area contributed by atoms with Crippen molar-refractivity contribution in [1.29, 1.82) is 0 Å². The number of benzene rings is 2. The molecule has 0 unspecified atom stereocenters. The molecule has 1 saturated carbocycles. The van der Waals surface area contributed by atoms with Crippen LogP contribution in [-0.2, 0) is 0 Å². The summed E-state index contributed by atoms with van der Waals surface area (Å²) >= 11 is 0. The van der Waals surface area contributed by atoms with Crippen LogP contribution in [0.3, 0.4) is 0 Å². The first kappa shape index (κ1) is 14.4. The molecule has 0 atom stereocenters. The molecule has 0 amide bonds. The Morgan fingerprint density at radius 3 is 1.38 bits per heavy atom. The van der Waals surface area contributed by atoms with Gasteiger partial charge in [-0.25, -0.2) is 0 Å². The normalized spacial score (nSPS) is 19.4. The predicted octanol–water partition coefficient (Wildman–Crippen LogP) is 5.67. The Kier molecular flexibility index (Phi) is 3.89. The highest BCUT2D eigenvalue weighted by molar-refractivity contribution is 5.69. The zero-order chi connectivity index (χ0) is 15.0. The Morgan fingerprint density at radius 2 is 0.857 bits per heavy atom. The third kappa shape index (κ3) is 2.52. The molecule has 5 radical (unpaired) electrons. The minimum atomic E-state index is 1.27. The van der Waals surface area contributed by atoms with Crippen molar-refractivity contribution in [2.45, 2.75) is 27.7 Å². The van der Waals surface area contributed by atoms with Gasteiger partial charge in [0.2, 0.25) is 0 Å². The second-order valence-electron chi connectivity index (χ2n) is 5.82. The summed E-state index contributed by atoms with van der Waals surface area (Å²) in [6, 6.07) is 19.5. The van der Waals surface area contributed by atoms with E-state index in [1.807, 2.05) is 0 Å². The minimum Gasteiger partial charge on any atom is -0.0622 e. The van der Waals surface area contributed by atoms with E-state index >= 15 is 0 Å². The lowest BCUT2D eigenvalue weighted by atomic mass is 9.83. The highest BCUT2D eigenvalue weighted by Gasteiger charge is 2.44. The van der Waals surface area contributed by atoms with Crippen molar-refractivity contribution in [1.82, 2.24) is 0 Å². The topological polar surface area (TPSA) is 0 Å². The van der Waals surface area contributed by atoms with Crippen molar-refractivity contribution in [2.75, 3.05) is 0 Å². The Balaban J connectivity index is 1.88. The van der Waals surface area contributed by atoms with Crippen molar-refractivity contribution < 1.29 is 0 Å². The highest BCUT2D eigenvalue weighted by atomic mass is 14.5. The van der Waals surface area contributed by atoms with Gasteiger partial charge in [-0.2, -0.15) is 0 Å². The molecule has 0 N–H and O–H groups in total. The van der Waals surface area contributed by atoms with Gasteiger partial charge >= 0.3 is 0 Å². The summed E-state index contributed by atoms with van der Waals surface area (Å²) in [4.78, 5) is 0. The van der Waals surface area contributed by atoms with Gasteiger partial charge in [-0.3, -0.25) is 0 Å². The quantitative estimate of drug-likeness (QED) is 0.661. The standard InChI is InChI=1S/C21H21/c1-14-15(2)17(4)21(16(14)3)20-12-10-19(11-13-20)18-8-6-5-7-9-18/h5-13H,1-4H3. The molecule has 0 heterocycles. The van der Waals surface area contributed by atoms with Crippen LogP contribution in [0.4, 0.5) is 0 Å². The van der Waals surface area contributed by atoms with E-state index in [4.69, 9.17) is 0 Å². The zero-order valence-electron chi connectivity index (χ0n) is 13.2. The lowest BCUT2D eigenvalue weighted by Gasteiger charge is -2.20. The molecule has 105 valence electrons. The maximum absolute atomic E-state index is 2.25. The minimum absolute atomic E-state index is 1.27. The first-order valence-corrected chi connectivity index (χ1v) is 7.48. The first-order valence-electron chi connectivity index (χ1n) is 7.48. The van der Waals surface area contributed by atoms with Crippen molar-refractivity contribution in [3.8, 4) is 11.1 Å². The summed E-state index contributed by atoms with van der Waals surface area (Å²) in [7, 11) is 0. The molecule has 0 saturated heterocycles. The molecule has 0 nitrogen and oxygen atoms in total. The van der Waals surface area contributed by atoms with Crippen molar-refractivity contribution >= 4 is 0 Å². The average Bonchev–Trinajstić information content (AvgIpc) is 2.72. The monoisotopic (exact) mass is 273 g/mol. The summed E-state index contributed by atoms with van der Waals surface area (Å²) in [6.07, 6.45) is 0. The highest BCUT2D eigenvalue weighted by Crippen LogP contribution is 2.54. The van der Waals surface area contributed by atoms with E-state index in [-0.39, 0.29) is 0 Å². The molecule has 2 aromatic rings. The second-order valence-corrected chi connectivity index (χ2v) is 5.82. The smallest absolute Gasteiger partial charge is 0.0191 e. The van der Waals surface area contributed by atoms with E-state index in [2.05, 4.69) is 82.3 Å². The van der Waals surface area contributed by atoms with Crippen LogP contribution in [0.5, 0.6) is 0 Å². The third-order valence-electron chi connectivity index (χ3n) is 4.72. The molecule has 0 heteroatoms. The molecule has 0 aromatic heterocycles. The van der Waals surface area contributed by atoms with Crippen molar-refractivity contribution in [2.24, 2.45) is 0 Å². The van der Waals surface area contributed by atoms with Crippen LogP contribution in [-0.4, -0.2) is 0 Å². The fourth-order valence-corrected chi connectivity index (χ4v) is 3.11. The Hall–Kier alpha value is -1.56. The summed E-state index contributed by atoms with van der Waals surface area (Å²) in [5.74, 6) is 7.09. The molecule has 0 spiro atoms. The zero-order valence-corrected chi connectivity index (χ0v) is 13.2. The largest absolute Gasteiger partial charge is 0.0622 e. The predicted molar refractivity (Wildman–Crippen MR) is 89.9 cm³/mol. The molecule has 0 bridgehead atoms. The van der Waals surface area contributed by atoms with Gasteiger partial charge in [0.15, 0.2) is 0 Å². The SMILES string of the molecule is C[C]1[C](C)[C](C)[C](c2ccc(-c3ccccc3)cc2)[C]1C. The summed E-state index contributed by atoms with van der Waals surface area (Å²) in [5.41, 5.74) is 3.86. The fourth-order valence-electron chi connectivity index (χ4n) is 3.11. The van der Waals surface area contributed by atoms with Gasteiger partial charge in [-0.1, -0.05) is 82.3 Å². The number of hydrogen-bond donors (Lipinski definition) is 0. The molecular formula is C21H21. The van der Waals surface area contributed by atoms with E-state index in [1.54, 1.807) is 0 Å². The summed E-state index contributed by atoms with van der Waals surface area (Å²) in [6.45, 7) is 8.91. The van der Waals surface area contributed by atoms with E-state index in [0.29, 0.717) is 0 Å². The van der Waals surface area contributed by atoms with Crippen LogP contribution >= 0.6 is 0 Å². The van der Waals surface area contributed by atoms with E-state index in [0.717, 1.165) is 0 Å². The van der Waals surface area contributed by atoms with Gasteiger partial charge in [0.05, 0.1) is 0 Å². The molecule has 1 aliphatic rings. The lowest BCUT2D eigenvalue weighted by Crippen LogP contribution is -2.08. The van der Waals surface area contributed by atoms with Gasteiger partial charge < -0.3 is 0 Å². The maximum atomic E-state index is 2.25. The Morgan fingerprint density at radius 1 is 0.429 bits per heavy atom. The van der Waals surface area contributed by atoms with E-state index in [9.17, 15) is 0 Å². The van der Waals surface area contributed by atoms with Crippen LogP contribution in [0.15, 0.2) is 54.6 Å². The third-order valence-corrected chi connectivity index (χ3v) is 4.72. The summed E-state index contributed by atoms with van der Waals surface area (Å²) in [5, 5.41) is 0. The van der Waals surface area contributed by atoms with Crippen LogP contribution < -0.4 is 0 Å². The van der Waals surface area contributed by atoms with Gasteiger partial charge in [-0.15, -0.1) is 0 Å². The first-order chi connectivity index (χ1) is 10.1. The van der Waals surface area contributed by atoms with Crippen molar-refractivity contribution in [3.05, 3.63) is 89.8 Å². The molecule has 1 aliphatic carbocycles. The Bertz CT molecular complexity index is 567. The molecule has 1 fully saturated rings. The summed E-state index contributed by atoms with van der Waals surface area (Å²) < 4.78 is 0. The molecule has 2 aromatic carbocycles. The second kappa shape index (κ2) is 5.67. The van der Waals surface area contributed by atoms with Crippen LogP contribution in [0.1, 0.15) is 33.3 Å². The van der Waals surface area contributed by atoms with Crippen molar-refractivity contribution in [3.63, 3.8) is 0 Å². The molecule has 21 heavy (non-hydrogen) atoms. The average molecular weight is 273 g/mol. The number of rotatable bonds is 2. The molecular weight excluding hydrogens is 252 g/mol. The number of hydrogen-bond acceptors (Lipinski definition) is 0. The maximum Gasteiger partial charge on any atom is 0.0191 e. The van der Waals surface area contributed by atoms with Gasteiger partial charge in [0.1, 0.15) is 0 Å². The van der Waals surface area contributed by atoms with E-state index < -0.39 is 0 Å². The van der Waals surface area contributed by atoms with E-state index in [1.165, 1.54) is 46.3 Å². The van der Waals surface area contributed by atoms with Gasteiger partial charge in [0.25, 0.3) is 0 Å².